The smallest absolute Gasteiger partial charge is 0.416 e. The lowest BCUT2D eigenvalue weighted by atomic mass is 10.2. The van der Waals surface area contributed by atoms with Crippen LogP contribution in [0.15, 0.2) is 36.4 Å². The van der Waals surface area contributed by atoms with Gasteiger partial charge in [-0.2, -0.15) is 13.2 Å². The number of carbonyl (C=O) groups is 2. The number of benzene rings is 2. The van der Waals surface area contributed by atoms with Crippen molar-refractivity contribution in [1.82, 2.24) is 5.32 Å². The van der Waals surface area contributed by atoms with E-state index in [-0.39, 0.29) is 35.4 Å². The fourth-order valence-corrected chi connectivity index (χ4v) is 2.50. The first-order chi connectivity index (χ1) is 15.5. The quantitative estimate of drug-likeness (QED) is 0.237. The first kappa shape index (κ1) is 25.5. The minimum atomic E-state index is -4.60. The maximum Gasteiger partial charge on any atom is 0.416 e. The van der Waals surface area contributed by atoms with Crippen LogP contribution in [0.1, 0.15) is 5.56 Å². The van der Waals surface area contributed by atoms with Crippen molar-refractivity contribution < 1.29 is 46.6 Å². The highest BCUT2D eigenvalue weighted by Crippen LogP contribution is 2.38. The molecule has 10 nitrogen and oxygen atoms in total. The van der Waals surface area contributed by atoms with Crippen LogP contribution in [-0.2, 0) is 20.4 Å². The van der Waals surface area contributed by atoms with Gasteiger partial charge in [-0.3, -0.25) is 10.1 Å². The van der Waals surface area contributed by atoms with Crippen LogP contribution in [0.2, 0.25) is 5.02 Å². The van der Waals surface area contributed by atoms with Gasteiger partial charge in [0.1, 0.15) is 18.1 Å². The largest absolute Gasteiger partial charge is 0.475 e. The van der Waals surface area contributed by atoms with Crippen molar-refractivity contribution in [2.75, 3.05) is 26.9 Å². The normalized spacial score (nSPS) is 10.8. The summed E-state index contributed by atoms with van der Waals surface area (Å²) in [5, 5.41) is 13.1. The number of rotatable bonds is 9. The number of ether oxygens (including phenoxy) is 4. The molecule has 2 aromatic carbocycles. The Bertz CT molecular complexity index is 1030. The molecule has 1 amide bonds. The first-order valence-electron chi connectivity index (χ1n) is 8.94. The number of alkyl carbamates (subject to hydrolysis) is 1. The van der Waals surface area contributed by atoms with E-state index < -0.39 is 41.0 Å². The van der Waals surface area contributed by atoms with Gasteiger partial charge in [0.25, 0.3) is 0 Å². The Kier molecular flexibility index (Phi) is 8.68. The van der Waals surface area contributed by atoms with E-state index in [0.29, 0.717) is 6.07 Å². The van der Waals surface area contributed by atoms with Crippen LogP contribution in [-0.4, -0.2) is 43.9 Å². The second-order valence-electron chi connectivity index (χ2n) is 6.06. The number of hydrogen-bond acceptors (Lipinski definition) is 8. The van der Waals surface area contributed by atoms with E-state index in [1.807, 2.05) is 0 Å². The lowest BCUT2D eigenvalue weighted by Gasteiger charge is -2.12. The van der Waals surface area contributed by atoms with Crippen LogP contribution in [0.5, 0.6) is 17.2 Å². The highest BCUT2D eigenvalue weighted by atomic mass is 35.5. The first-order valence-corrected chi connectivity index (χ1v) is 9.32. The van der Waals surface area contributed by atoms with Gasteiger partial charge in [-0.25, -0.2) is 9.59 Å². The van der Waals surface area contributed by atoms with Crippen molar-refractivity contribution in [1.29, 1.82) is 0 Å². The Morgan fingerprint density at radius 2 is 1.88 bits per heavy atom. The SMILES string of the molecule is COC(=O)NCCOC(=O)COc1cc(Oc2ccc(C(F)(F)F)cc2Cl)ccc1[N+](=O)[O-]. The summed E-state index contributed by atoms with van der Waals surface area (Å²) in [7, 11) is 1.16. The molecule has 2 aromatic rings. The van der Waals surface area contributed by atoms with E-state index in [1.165, 1.54) is 6.07 Å². The number of halogens is 4. The third kappa shape index (κ3) is 7.71. The third-order valence-corrected chi connectivity index (χ3v) is 4.08. The van der Waals surface area contributed by atoms with E-state index in [1.54, 1.807) is 0 Å². The van der Waals surface area contributed by atoms with Crippen molar-refractivity contribution in [3.05, 3.63) is 57.1 Å². The van der Waals surface area contributed by atoms with Gasteiger partial charge < -0.3 is 24.3 Å². The van der Waals surface area contributed by atoms with E-state index in [2.05, 4.69) is 10.1 Å². The topological polar surface area (TPSA) is 126 Å². The summed E-state index contributed by atoms with van der Waals surface area (Å²) in [4.78, 5) is 33.1. The molecule has 0 atom stereocenters. The van der Waals surface area contributed by atoms with Crippen molar-refractivity contribution >= 4 is 29.4 Å². The Balaban J connectivity index is 2.06. The summed E-state index contributed by atoms with van der Waals surface area (Å²) < 4.78 is 57.9. The molecule has 0 saturated heterocycles. The Morgan fingerprint density at radius 1 is 1.15 bits per heavy atom. The maximum atomic E-state index is 12.8. The van der Waals surface area contributed by atoms with Crippen LogP contribution < -0.4 is 14.8 Å². The number of nitro benzene ring substituents is 1. The molecule has 0 fully saturated rings. The number of nitrogens with one attached hydrogen (secondary N) is 1. The average Bonchev–Trinajstić information content (AvgIpc) is 2.75. The molecule has 0 spiro atoms. The van der Waals surface area contributed by atoms with Crippen molar-refractivity contribution in [2.45, 2.75) is 6.18 Å². The molecule has 0 aliphatic carbocycles. The molecule has 0 aromatic heterocycles. The second-order valence-corrected chi connectivity index (χ2v) is 6.47. The molecule has 0 heterocycles. The lowest BCUT2D eigenvalue weighted by molar-refractivity contribution is -0.385. The van der Waals surface area contributed by atoms with Crippen molar-refractivity contribution in [3.63, 3.8) is 0 Å². The van der Waals surface area contributed by atoms with Crippen molar-refractivity contribution in [3.8, 4) is 17.2 Å². The van der Waals surface area contributed by atoms with Gasteiger partial charge in [0, 0.05) is 12.1 Å². The van der Waals surface area contributed by atoms with Gasteiger partial charge in [0.05, 0.1) is 29.2 Å². The number of nitrogens with zero attached hydrogens (tertiary/aromatic N) is 1. The number of hydrogen-bond donors (Lipinski definition) is 1. The zero-order valence-corrected chi connectivity index (χ0v) is 17.6. The molecule has 0 aliphatic heterocycles. The fourth-order valence-electron chi connectivity index (χ4n) is 2.28. The van der Waals surface area contributed by atoms with Crippen LogP contribution in [0.25, 0.3) is 0 Å². The van der Waals surface area contributed by atoms with E-state index in [4.69, 9.17) is 25.8 Å². The number of amides is 1. The molecule has 178 valence electrons. The average molecular weight is 493 g/mol. The van der Waals surface area contributed by atoms with Gasteiger partial charge >= 0.3 is 23.9 Å². The van der Waals surface area contributed by atoms with Crippen LogP contribution in [0.4, 0.5) is 23.7 Å². The van der Waals surface area contributed by atoms with Crippen LogP contribution >= 0.6 is 11.6 Å². The predicted molar refractivity (Wildman–Crippen MR) is 106 cm³/mol. The van der Waals surface area contributed by atoms with Gasteiger partial charge in [-0.1, -0.05) is 11.6 Å². The van der Waals surface area contributed by atoms with Gasteiger partial charge in [0.2, 0.25) is 5.75 Å². The lowest BCUT2D eigenvalue weighted by Crippen LogP contribution is -2.28. The summed E-state index contributed by atoms with van der Waals surface area (Å²) in [5.74, 6) is -1.42. The third-order valence-electron chi connectivity index (χ3n) is 3.78. The molecule has 0 aliphatic rings. The maximum absolute atomic E-state index is 12.8. The molecule has 0 bridgehead atoms. The van der Waals surface area contributed by atoms with E-state index in [9.17, 15) is 32.9 Å². The highest BCUT2D eigenvalue weighted by Gasteiger charge is 2.31. The number of esters is 1. The fraction of sp³-hybridized carbons (Fsp3) is 0.263. The minimum Gasteiger partial charge on any atom is -0.475 e. The second kappa shape index (κ2) is 11.2. The summed E-state index contributed by atoms with van der Waals surface area (Å²) in [5.41, 5.74) is -1.48. The predicted octanol–water partition coefficient (Wildman–Crippen LogP) is 4.34. The molecule has 2 rings (SSSR count). The number of carbonyl (C=O) groups excluding carboxylic acids is 2. The summed E-state index contributed by atoms with van der Waals surface area (Å²) in [6.45, 7) is -0.936. The van der Waals surface area contributed by atoms with Gasteiger partial charge in [0.15, 0.2) is 6.61 Å². The molecule has 33 heavy (non-hydrogen) atoms. The molecule has 0 radical (unpaired) electrons. The minimum absolute atomic E-state index is 0.0320. The number of nitro groups is 1. The molecule has 14 heteroatoms. The van der Waals surface area contributed by atoms with E-state index in [0.717, 1.165) is 31.4 Å². The molecular formula is C19H16ClF3N2O8. The molecule has 0 unspecified atom stereocenters. The van der Waals surface area contributed by atoms with Gasteiger partial charge in [-0.05, 0) is 24.3 Å². The Hall–Kier alpha value is -3.74. The standard InChI is InChI=1S/C19H16ClF3N2O8/c1-30-18(27)24-6-7-31-17(26)10-32-16-9-12(3-4-14(16)25(28)29)33-15-5-2-11(8-13(15)20)19(21,22)23/h2-5,8-9H,6-7,10H2,1H3,(H,24,27). The zero-order valence-electron chi connectivity index (χ0n) is 16.8. The van der Waals surface area contributed by atoms with Crippen LogP contribution in [0, 0.1) is 10.1 Å². The highest BCUT2D eigenvalue weighted by molar-refractivity contribution is 6.32. The van der Waals surface area contributed by atoms with Crippen molar-refractivity contribution in [2.24, 2.45) is 0 Å². The Morgan fingerprint density at radius 3 is 2.48 bits per heavy atom. The summed E-state index contributed by atoms with van der Waals surface area (Å²) in [6, 6.07) is 5.69. The molecular weight excluding hydrogens is 477 g/mol. The molecule has 0 saturated carbocycles. The van der Waals surface area contributed by atoms with Crippen LogP contribution in [0.3, 0.4) is 0 Å². The zero-order chi connectivity index (χ0) is 24.6. The van der Waals surface area contributed by atoms with E-state index >= 15 is 0 Å². The summed E-state index contributed by atoms with van der Waals surface area (Å²) >= 11 is 5.84. The van der Waals surface area contributed by atoms with Gasteiger partial charge in [-0.15, -0.1) is 0 Å². The summed E-state index contributed by atoms with van der Waals surface area (Å²) in [6.07, 6.45) is -5.32. The monoisotopic (exact) mass is 492 g/mol. The molecule has 1 N–H and O–H groups in total. The Labute approximate surface area is 189 Å². The number of alkyl halides is 3. The number of methoxy groups -OCH3 is 1.